The Kier molecular flexibility index (Phi) is 7.66. The first-order chi connectivity index (χ1) is 5.43. The van der Waals surface area contributed by atoms with Crippen LogP contribution in [0.1, 0.15) is 54.3 Å². The Bertz CT molecular complexity index is 97.2. The second kappa shape index (κ2) is 7.84. The van der Waals surface area contributed by atoms with E-state index in [-0.39, 0.29) is 1.43 Å². The lowest BCUT2D eigenvalue weighted by molar-refractivity contribution is 0.471. The van der Waals surface area contributed by atoms with Crippen LogP contribution in [0.4, 0.5) is 0 Å². The molecule has 0 amide bonds. The minimum absolute atomic E-state index is 0. The molecule has 0 aromatic carbocycles. The second-order valence-electron chi connectivity index (χ2n) is 2.91. The molecule has 0 aromatic heterocycles. The number of hydrogen-bond donors (Lipinski definition) is 0. The van der Waals surface area contributed by atoms with E-state index in [1.54, 1.807) is 0 Å². The Morgan fingerprint density at radius 2 is 2.09 bits per heavy atom. The lowest BCUT2D eigenvalue weighted by Gasteiger charge is -2.07. The van der Waals surface area contributed by atoms with E-state index in [0.717, 1.165) is 5.92 Å². The number of allylic oxidation sites excluding steroid dienone is 2. The fourth-order valence-corrected chi connectivity index (χ4v) is 1.42. The van der Waals surface area contributed by atoms with Crippen molar-refractivity contribution in [2.45, 2.75) is 52.9 Å². The van der Waals surface area contributed by atoms with Crippen molar-refractivity contribution >= 4 is 0 Å². The SMILES string of the molecule is CC.CCC1CC=CCCC1.[HH]. The fraction of sp³-hybridized carbons (Fsp3) is 0.818. The van der Waals surface area contributed by atoms with E-state index >= 15 is 0 Å². The summed E-state index contributed by atoms with van der Waals surface area (Å²) in [6.07, 6.45) is 11.5. The number of rotatable bonds is 1. The van der Waals surface area contributed by atoms with Crippen molar-refractivity contribution < 1.29 is 1.43 Å². The molecule has 1 rings (SSSR count). The average molecular weight is 156 g/mol. The molecule has 11 heavy (non-hydrogen) atoms. The van der Waals surface area contributed by atoms with Crippen molar-refractivity contribution in [2.24, 2.45) is 5.92 Å². The molecule has 0 heterocycles. The molecule has 1 unspecified atom stereocenters. The van der Waals surface area contributed by atoms with Crippen LogP contribution >= 0.6 is 0 Å². The first kappa shape index (κ1) is 10.7. The molecule has 0 saturated heterocycles. The summed E-state index contributed by atoms with van der Waals surface area (Å²) >= 11 is 0. The Morgan fingerprint density at radius 3 is 2.73 bits per heavy atom. The summed E-state index contributed by atoms with van der Waals surface area (Å²) < 4.78 is 0. The van der Waals surface area contributed by atoms with Crippen LogP contribution in [-0.4, -0.2) is 0 Å². The fourth-order valence-electron chi connectivity index (χ4n) is 1.42. The molecular formula is C11H24. The van der Waals surface area contributed by atoms with Crippen LogP contribution in [0.5, 0.6) is 0 Å². The van der Waals surface area contributed by atoms with Gasteiger partial charge in [0.2, 0.25) is 0 Å². The third-order valence-electron chi connectivity index (χ3n) is 2.20. The van der Waals surface area contributed by atoms with Crippen molar-refractivity contribution in [3.05, 3.63) is 12.2 Å². The van der Waals surface area contributed by atoms with Crippen LogP contribution in [0.25, 0.3) is 0 Å². The number of hydrogen-bond acceptors (Lipinski definition) is 0. The third kappa shape index (κ3) is 5.06. The van der Waals surface area contributed by atoms with E-state index < -0.39 is 0 Å². The molecule has 1 atom stereocenters. The van der Waals surface area contributed by atoms with E-state index in [1.165, 1.54) is 32.1 Å². The lowest BCUT2D eigenvalue weighted by atomic mass is 9.98. The van der Waals surface area contributed by atoms with Gasteiger partial charge in [-0.05, 0) is 31.6 Å². The van der Waals surface area contributed by atoms with E-state index in [2.05, 4.69) is 19.1 Å². The van der Waals surface area contributed by atoms with Crippen LogP contribution in [0.2, 0.25) is 0 Å². The molecule has 0 aliphatic heterocycles. The minimum atomic E-state index is 0. The minimum Gasteiger partial charge on any atom is -0.0885 e. The summed E-state index contributed by atoms with van der Waals surface area (Å²) in [5.74, 6) is 0.990. The van der Waals surface area contributed by atoms with Gasteiger partial charge in [0.15, 0.2) is 0 Å². The molecule has 0 radical (unpaired) electrons. The van der Waals surface area contributed by atoms with Gasteiger partial charge in [-0.15, -0.1) is 0 Å². The molecule has 0 bridgehead atoms. The summed E-state index contributed by atoms with van der Waals surface area (Å²) in [6, 6.07) is 0. The van der Waals surface area contributed by atoms with Crippen molar-refractivity contribution in [3.8, 4) is 0 Å². The highest BCUT2D eigenvalue weighted by Gasteiger charge is 2.04. The zero-order chi connectivity index (χ0) is 8.53. The van der Waals surface area contributed by atoms with Crippen molar-refractivity contribution in [1.29, 1.82) is 0 Å². The predicted octanol–water partition coefficient (Wildman–Crippen LogP) is 4.42. The van der Waals surface area contributed by atoms with Gasteiger partial charge in [-0.25, -0.2) is 0 Å². The smallest absolute Gasteiger partial charge is 0 e. The topological polar surface area (TPSA) is 0 Å². The maximum absolute atomic E-state index is 2.35. The van der Waals surface area contributed by atoms with Gasteiger partial charge in [-0.2, -0.15) is 0 Å². The van der Waals surface area contributed by atoms with Crippen LogP contribution in [0.3, 0.4) is 0 Å². The Hall–Kier alpha value is -0.260. The van der Waals surface area contributed by atoms with Gasteiger partial charge in [0.1, 0.15) is 0 Å². The molecule has 0 heteroatoms. The summed E-state index contributed by atoms with van der Waals surface area (Å²) in [6.45, 7) is 6.30. The molecule has 1 aliphatic carbocycles. The molecule has 0 spiro atoms. The molecule has 0 N–H and O–H groups in total. The van der Waals surface area contributed by atoms with Crippen LogP contribution < -0.4 is 0 Å². The molecule has 0 nitrogen and oxygen atoms in total. The van der Waals surface area contributed by atoms with Gasteiger partial charge in [0.05, 0.1) is 0 Å². The highest BCUT2D eigenvalue weighted by atomic mass is 14.1. The average Bonchev–Trinajstić information content (AvgIpc) is 2.35. The van der Waals surface area contributed by atoms with Crippen LogP contribution in [0, 0.1) is 5.92 Å². The Morgan fingerprint density at radius 1 is 1.36 bits per heavy atom. The molecule has 0 fully saturated rings. The van der Waals surface area contributed by atoms with E-state index in [0.29, 0.717) is 0 Å². The molecular weight excluding hydrogens is 132 g/mol. The summed E-state index contributed by atoms with van der Waals surface area (Å²) in [7, 11) is 0. The predicted molar refractivity (Wildman–Crippen MR) is 54.9 cm³/mol. The van der Waals surface area contributed by atoms with E-state index in [1.807, 2.05) is 13.8 Å². The zero-order valence-corrected chi connectivity index (χ0v) is 8.27. The molecule has 0 aromatic rings. The summed E-state index contributed by atoms with van der Waals surface area (Å²) in [4.78, 5) is 0. The van der Waals surface area contributed by atoms with Gasteiger partial charge < -0.3 is 0 Å². The van der Waals surface area contributed by atoms with Gasteiger partial charge in [0.25, 0.3) is 0 Å². The second-order valence-corrected chi connectivity index (χ2v) is 2.91. The monoisotopic (exact) mass is 156 g/mol. The van der Waals surface area contributed by atoms with Gasteiger partial charge >= 0.3 is 0 Å². The quantitative estimate of drug-likeness (QED) is 0.493. The van der Waals surface area contributed by atoms with Crippen molar-refractivity contribution in [1.82, 2.24) is 0 Å². The highest BCUT2D eigenvalue weighted by molar-refractivity contribution is 4.87. The Balaban J connectivity index is 0. The van der Waals surface area contributed by atoms with Crippen LogP contribution in [0.15, 0.2) is 12.2 Å². The van der Waals surface area contributed by atoms with E-state index in [9.17, 15) is 0 Å². The van der Waals surface area contributed by atoms with Crippen molar-refractivity contribution in [2.75, 3.05) is 0 Å². The Labute approximate surface area is 73.2 Å². The maximum atomic E-state index is 2.35. The van der Waals surface area contributed by atoms with Crippen molar-refractivity contribution in [3.63, 3.8) is 0 Å². The highest BCUT2D eigenvalue weighted by Crippen LogP contribution is 2.20. The molecule has 68 valence electrons. The van der Waals surface area contributed by atoms with Gasteiger partial charge in [0, 0.05) is 1.43 Å². The largest absolute Gasteiger partial charge is 0.0885 e. The van der Waals surface area contributed by atoms with Gasteiger partial charge in [-0.1, -0.05) is 39.3 Å². The standard InChI is InChI=1S/C9H16.C2H6.H2/c1-2-9-7-5-3-4-6-8-9;1-2;/h3,5,9H,2,4,6-8H2,1H3;1-2H3;1H. The summed E-state index contributed by atoms with van der Waals surface area (Å²) in [5.41, 5.74) is 0. The zero-order valence-electron chi connectivity index (χ0n) is 8.27. The first-order valence-corrected chi connectivity index (χ1v) is 5.08. The maximum Gasteiger partial charge on any atom is 0 e. The molecule has 0 saturated carbocycles. The van der Waals surface area contributed by atoms with Crippen LogP contribution in [-0.2, 0) is 0 Å². The molecule has 1 aliphatic rings. The van der Waals surface area contributed by atoms with E-state index in [4.69, 9.17) is 0 Å². The lowest BCUT2D eigenvalue weighted by Crippen LogP contribution is -1.94. The van der Waals surface area contributed by atoms with Gasteiger partial charge in [-0.3, -0.25) is 0 Å². The summed E-state index contributed by atoms with van der Waals surface area (Å²) in [5, 5.41) is 0. The first-order valence-electron chi connectivity index (χ1n) is 5.08. The third-order valence-corrected chi connectivity index (χ3v) is 2.20. The normalized spacial score (nSPS) is 23.4.